The quantitative estimate of drug-likeness (QED) is 0.876. The van der Waals surface area contributed by atoms with Gasteiger partial charge >= 0.3 is 5.97 Å². The maximum absolute atomic E-state index is 12.1. The van der Waals surface area contributed by atoms with Crippen LogP contribution < -0.4 is 10.1 Å². The second kappa shape index (κ2) is 6.63. The van der Waals surface area contributed by atoms with Gasteiger partial charge in [0.25, 0.3) is 5.91 Å². The number of amides is 1. The Balaban J connectivity index is 2.15. The van der Waals surface area contributed by atoms with Crippen molar-refractivity contribution in [1.29, 1.82) is 0 Å². The van der Waals surface area contributed by atoms with Gasteiger partial charge in [0.1, 0.15) is 18.4 Å². The molecule has 1 aliphatic rings. The van der Waals surface area contributed by atoms with Gasteiger partial charge in [0, 0.05) is 10.6 Å². The largest absolute Gasteiger partial charge is 0.488 e. The van der Waals surface area contributed by atoms with Crippen LogP contribution in [0.2, 0.25) is 5.02 Å². The van der Waals surface area contributed by atoms with Crippen molar-refractivity contribution < 1.29 is 19.4 Å². The van der Waals surface area contributed by atoms with Crippen LogP contribution in [-0.4, -0.2) is 29.6 Å². The predicted molar refractivity (Wildman–Crippen MR) is 79.4 cm³/mol. The molecule has 1 aliphatic heterocycles. The zero-order chi connectivity index (χ0) is 15.4. The molecule has 0 unspecified atom stereocenters. The van der Waals surface area contributed by atoms with Crippen molar-refractivity contribution in [3.8, 4) is 5.75 Å². The number of benzene rings is 1. The third-order valence-corrected chi connectivity index (χ3v) is 3.39. The van der Waals surface area contributed by atoms with Crippen LogP contribution in [0.25, 0.3) is 6.08 Å². The summed E-state index contributed by atoms with van der Waals surface area (Å²) in [5, 5.41) is 12.1. The fourth-order valence-corrected chi connectivity index (χ4v) is 2.26. The molecule has 6 heteroatoms. The lowest BCUT2D eigenvalue weighted by molar-refractivity contribution is -0.141. The van der Waals surface area contributed by atoms with E-state index in [1.807, 2.05) is 6.92 Å². The number of hydrogen-bond acceptors (Lipinski definition) is 3. The van der Waals surface area contributed by atoms with Crippen LogP contribution in [0.1, 0.15) is 25.3 Å². The summed E-state index contributed by atoms with van der Waals surface area (Å²) in [6, 6.07) is 4.26. The first-order chi connectivity index (χ1) is 10.0. The van der Waals surface area contributed by atoms with E-state index < -0.39 is 17.9 Å². The van der Waals surface area contributed by atoms with Crippen molar-refractivity contribution in [3.05, 3.63) is 34.4 Å². The molecule has 21 heavy (non-hydrogen) atoms. The van der Waals surface area contributed by atoms with Crippen molar-refractivity contribution in [1.82, 2.24) is 5.32 Å². The normalized spacial score (nSPS) is 14.5. The van der Waals surface area contributed by atoms with Gasteiger partial charge in [-0.05, 0) is 30.7 Å². The van der Waals surface area contributed by atoms with Gasteiger partial charge in [0.2, 0.25) is 0 Å². The molecular formula is C15H16ClNO4. The van der Waals surface area contributed by atoms with Crippen molar-refractivity contribution in [2.75, 3.05) is 6.61 Å². The lowest BCUT2D eigenvalue weighted by atomic mass is 10.1. The molecule has 0 spiro atoms. The lowest BCUT2D eigenvalue weighted by Crippen LogP contribution is -2.42. The Hall–Kier alpha value is -2.01. The number of carbonyl (C=O) groups excluding carboxylic acids is 1. The molecule has 2 N–H and O–H groups in total. The van der Waals surface area contributed by atoms with Crippen LogP contribution in [-0.2, 0) is 9.59 Å². The van der Waals surface area contributed by atoms with Gasteiger partial charge < -0.3 is 15.2 Å². The summed E-state index contributed by atoms with van der Waals surface area (Å²) in [6.07, 6.45) is 2.73. The smallest absolute Gasteiger partial charge is 0.326 e. The number of aliphatic carboxylic acids is 1. The van der Waals surface area contributed by atoms with Crippen LogP contribution in [0.4, 0.5) is 0 Å². The Bertz CT molecular complexity index is 597. The third-order valence-electron chi connectivity index (χ3n) is 3.16. The molecular weight excluding hydrogens is 294 g/mol. The second-order valence-electron chi connectivity index (χ2n) is 4.79. The zero-order valence-electron chi connectivity index (χ0n) is 11.6. The molecule has 1 aromatic carbocycles. The standard InChI is InChI=1S/C15H16ClNO4/c1-2-3-12(15(19)20)17-14(18)10-6-9-7-11(16)4-5-13(9)21-8-10/h4-7,12H,2-3,8H2,1H3,(H,17,18)(H,19,20)/t12-/m0/s1. The minimum Gasteiger partial charge on any atom is -0.488 e. The Morgan fingerprint density at radius 1 is 1.48 bits per heavy atom. The Morgan fingerprint density at radius 3 is 2.90 bits per heavy atom. The van der Waals surface area contributed by atoms with Crippen molar-refractivity contribution in [2.24, 2.45) is 0 Å². The van der Waals surface area contributed by atoms with E-state index in [1.54, 1.807) is 24.3 Å². The first-order valence-electron chi connectivity index (χ1n) is 6.68. The molecule has 0 aliphatic carbocycles. The van der Waals surface area contributed by atoms with Gasteiger partial charge in [-0.2, -0.15) is 0 Å². The highest BCUT2D eigenvalue weighted by Crippen LogP contribution is 2.29. The van der Waals surface area contributed by atoms with E-state index >= 15 is 0 Å². The van der Waals surface area contributed by atoms with Gasteiger partial charge in [0.05, 0.1) is 5.57 Å². The molecule has 0 fully saturated rings. The zero-order valence-corrected chi connectivity index (χ0v) is 12.3. The third kappa shape index (κ3) is 3.76. The van der Waals surface area contributed by atoms with Crippen LogP contribution in [0.15, 0.2) is 23.8 Å². The predicted octanol–water partition coefficient (Wildman–Crippen LogP) is 2.49. The highest BCUT2D eigenvalue weighted by Gasteiger charge is 2.23. The van der Waals surface area contributed by atoms with E-state index in [0.717, 1.165) is 0 Å². The number of halogens is 1. The number of hydrogen-bond donors (Lipinski definition) is 2. The molecule has 1 amide bonds. The molecule has 0 saturated carbocycles. The van der Waals surface area contributed by atoms with Gasteiger partial charge in [0.15, 0.2) is 0 Å². The molecule has 5 nitrogen and oxygen atoms in total. The number of carboxylic acids is 1. The molecule has 0 bridgehead atoms. The summed E-state index contributed by atoms with van der Waals surface area (Å²) in [6.45, 7) is 1.97. The molecule has 2 rings (SSSR count). The fourth-order valence-electron chi connectivity index (χ4n) is 2.08. The number of nitrogens with one attached hydrogen (secondary N) is 1. The number of ether oxygens (including phenoxy) is 1. The molecule has 1 aromatic rings. The van der Waals surface area contributed by atoms with Crippen LogP contribution >= 0.6 is 11.6 Å². The average Bonchev–Trinajstić information content (AvgIpc) is 2.45. The first kappa shape index (κ1) is 15.4. The Kier molecular flexibility index (Phi) is 4.85. The minimum absolute atomic E-state index is 0.110. The van der Waals surface area contributed by atoms with Crippen molar-refractivity contribution >= 4 is 29.6 Å². The Morgan fingerprint density at radius 2 is 2.24 bits per heavy atom. The van der Waals surface area contributed by atoms with E-state index in [9.17, 15) is 9.59 Å². The van der Waals surface area contributed by atoms with Crippen molar-refractivity contribution in [2.45, 2.75) is 25.8 Å². The van der Waals surface area contributed by atoms with Gasteiger partial charge in [-0.15, -0.1) is 0 Å². The molecule has 1 atom stereocenters. The molecule has 0 aromatic heterocycles. The Labute approximate surface area is 127 Å². The fraction of sp³-hybridized carbons (Fsp3) is 0.333. The second-order valence-corrected chi connectivity index (χ2v) is 5.23. The lowest BCUT2D eigenvalue weighted by Gasteiger charge is -2.19. The van der Waals surface area contributed by atoms with Crippen LogP contribution in [0.3, 0.4) is 0 Å². The highest BCUT2D eigenvalue weighted by atomic mass is 35.5. The van der Waals surface area contributed by atoms with Crippen LogP contribution in [0.5, 0.6) is 5.75 Å². The minimum atomic E-state index is -1.04. The molecule has 112 valence electrons. The SMILES string of the molecule is CCC[C@H](NC(=O)C1=Cc2cc(Cl)ccc2OC1)C(=O)O. The van der Waals surface area contributed by atoms with Crippen LogP contribution in [0, 0.1) is 0 Å². The molecule has 1 heterocycles. The monoisotopic (exact) mass is 309 g/mol. The van der Waals surface area contributed by atoms with Crippen molar-refractivity contribution in [3.63, 3.8) is 0 Å². The summed E-state index contributed by atoms with van der Waals surface area (Å²) in [5.41, 5.74) is 1.09. The summed E-state index contributed by atoms with van der Waals surface area (Å²) in [7, 11) is 0. The molecule has 0 radical (unpaired) electrons. The average molecular weight is 310 g/mol. The van der Waals surface area contributed by atoms with Gasteiger partial charge in [-0.1, -0.05) is 24.9 Å². The summed E-state index contributed by atoms with van der Waals surface area (Å²) in [5.74, 6) is -0.813. The van der Waals surface area contributed by atoms with E-state index in [-0.39, 0.29) is 6.61 Å². The maximum Gasteiger partial charge on any atom is 0.326 e. The summed E-state index contributed by atoms with van der Waals surface area (Å²) < 4.78 is 5.48. The van der Waals surface area contributed by atoms with E-state index in [1.165, 1.54) is 0 Å². The van der Waals surface area contributed by atoms with E-state index in [2.05, 4.69) is 5.32 Å². The first-order valence-corrected chi connectivity index (χ1v) is 7.05. The number of rotatable bonds is 5. The van der Waals surface area contributed by atoms with E-state index in [4.69, 9.17) is 21.4 Å². The van der Waals surface area contributed by atoms with E-state index in [0.29, 0.717) is 34.8 Å². The maximum atomic E-state index is 12.1. The summed E-state index contributed by atoms with van der Waals surface area (Å²) >= 11 is 5.91. The molecule has 0 saturated heterocycles. The number of carboxylic acid groups (broad SMARTS) is 1. The highest BCUT2D eigenvalue weighted by molar-refractivity contribution is 6.30. The number of fused-ring (bicyclic) bond motifs is 1. The summed E-state index contributed by atoms with van der Waals surface area (Å²) in [4.78, 5) is 23.2. The van der Waals surface area contributed by atoms with Gasteiger partial charge in [-0.25, -0.2) is 4.79 Å². The van der Waals surface area contributed by atoms with Gasteiger partial charge in [-0.3, -0.25) is 4.79 Å². The topological polar surface area (TPSA) is 75.6 Å². The number of carbonyl (C=O) groups is 2.